The molecular weight excluding hydrogens is 347 g/mol. The van der Waals surface area contributed by atoms with Gasteiger partial charge in [0.1, 0.15) is 0 Å². The molecule has 0 unspecified atom stereocenters. The third-order valence-corrected chi connectivity index (χ3v) is 3.16. The van der Waals surface area contributed by atoms with Crippen molar-refractivity contribution in [1.82, 2.24) is 0 Å². The fraction of sp³-hybridized carbons (Fsp3) is 0.333. The topological polar surface area (TPSA) is 92.4 Å². The minimum Gasteiger partial charge on any atom is -0.478 e. The Morgan fingerprint density at radius 1 is 1.39 bits per heavy atom. The number of carboxylic acid groups (broad SMARTS) is 1. The molecule has 1 atom stereocenters. The first kappa shape index (κ1) is 14.9. The zero-order chi connectivity index (χ0) is 13.9. The predicted molar refractivity (Wildman–Crippen MR) is 77.6 cm³/mol. The number of hydrogen-bond donors (Lipinski definition) is 3. The fourth-order valence-corrected chi connectivity index (χ4v) is 1.81. The Morgan fingerprint density at radius 2 is 2.00 bits per heavy atom. The highest BCUT2D eigenvalue weighted by Gasteiger charge is 2.19. The van der Waals surface area contributed by atoms with Crippen LogP contribution in [0.3, 0.4) is 0 Å². The van der Waals surface area contributed by atoms with Crippen LogP contribution in [0.2, 0.25) is 0 Å². The molecule has 1 amide bonds. The van der Waals surface area contributed by atoms with E-state index in [0.717, 1.165) is 3.57 Å². The molecule has 0 aromatic heterocycles. The smallest absolute Gasteiger partial charge is 0.337 e. The van der Waals surface area contributed by atoms with Crippen molar-refractivity contribution >= 4 is 40.2 Å². The van der Waals surface area contributed by atoms with Crippen molar-refractivity contribution < 1.29 is 14.7 Å². The number of benzene rings is 1. The van der Waals surface area contributed by atoms with Crippen LogP contribution in [0.4, 0.5) is 5.69 Å². The Hall–Kier alpha value is -1.15. The number of carbonyl (C=O) groups excluding carboxylic acids is 1. The molecule has 0 radical (unpaired) electrons. The van der Waals surface area contributed by atoms with Crippen LogP contribution in [-0.4, -0.2) is 23.0 Å². The summed E-state index contributed by atoms with van der Waals surface area (Å²) in [5.74, 6) is -1.47. The van der Waals surface area contributed by atoms with E-state index in [4.69, 9.17) is 10.8 Å². The van der Waals surface area contributed by atoms with Gasteiger partial charge < -0.3 is 16.2 Å². The molecule has 5 nitrogen and oxygen atoms in total. The van der Waals surface area contributed by atoms with Crippen LogP contribution in [0.15, 0.2) is 18.2 Å². The van der Waals surface area contributed by atoms with E-state index in [-0.39, 0.29) is 23.1 Å². The Morgan fingerprint density at radius 3 is 2.50 bits per heavy atom. The van der Waals surface area contributed by atoms with Gasteiger partial charge in [0, 0.05) is 3.57 Å². The van der Waals surface area contributed by atoms with E-state index in [0.29, 0.717) is 0 Å². The number of nitrogens with one attached hydrogen (secondary N) is 1. The van der Waals surface area contributed by atoms with Gasteiger partial charge >= 0.3 is 5.97 Å². The third kappa shape index (κ3) is 3.67. The van der Waals surface area contributed by atoms with Crippen molar-refractivity contribution in [3.05, 3.63) is 27.3 Å². The minimum absolute atomic E-state index is 0.0119. The van der Waals surface area contributed by atoms with Gasteiger partial charge in [-0.15, -0.1) is 0 Å². The molecule has 0 aliphatic rings. The maximum absolute atomic E-state index is 11.8. The van der Waals surface area contributed by atoms with Crippen LogP contribution >= 0.6 is 22.6 Å². The van der Waals surface area contributed by atoms with E-state index < -0.39 is 12.0 Å². The van der Waals surface area contributed by atoms with Gasteiger partial charge in [0.2, 0.25) is 5.91 Å². The summed E-state index contributed by atoms with van der Waals surface area (Å²) in [5.41, 5.74) is 6.03. The normalized spacial score (nSPS) is 12.3. The van der Waals surface area contributed by atoms with Crippen LogP contribution in [-0.2, 0) is 4.79 Å². The first-order chi connectivity index (χ1) is 8.32. The van der Waals surface area contributed by atoms with Gasteiger partial charge in [-0.2, -0.15) is 0 Å². The van der Waals surface area contributed by atoms with Crippen molar-refractivity contribution in [3.63, 3.8) is 0 Å². The standard InChI is InChI=1S/C12H15IN2O3/c1-6(2)10(14)11(16)15-9-4-3-7(13)5-8(9)12(17)18/h3-6,10H,14H2,1-2H3,(H,15,16)(H,17,18)/t10-/m1/s1. The number of carbonyl (C=O) groups is 2. The summed E-state index contributed by atoms with van der Waals surface area (Å²) in [6, 6.07) is 4.13. The number of halogens is 1. The highest BCUT2D eigenvalue weighted by atomic mass is 127. The van der Waals surface area contributed by atoms with Crippen LogP contribution in [0.1, 0.15) is 24.2 Å². The largest absolute Gasteiger partial charge is 0.478 e. The van der Waals surface area contributed by atoms with Crippen LogP contribution < -0.4 is 11.1 Å². The lowest BCUT2D eigenvalue weighted by molar-refractivity contribution is -0.118. The summed E-state index contributed by atoms with van der Waals surface area (Å²) in [4.78, 5) is 22.9. The molecule has 0 fully saturated rings. The SMILES string of the molecule is CC(C)[C@@H](N)C(=O)Nc1ccc(I)cc1C(=O)O. The molecule has 0 aliphatic carbocycles. The molecule has 0 aliphatic heterocycles. The van der Waals surface area contributed by atoms with Crippen LogP contribution in [0, 0.1) is 9.49 Å². The van der Waals surface area contributed by atoms with Gasteiger partial charge in [0.15, 0.2) is 0 Å². The maximum Gasteiger partial charge on any atom is 0.337 e. The predicted octanol–water partition coefficient (Wildman–Crippen LogP) is 1.91. The summed E-state index contributed by atoms with van der Waals surface area (Å²) in [6.45, 7) is 3.66. The molecule has 1 aromatic rings. The quantitative estimate of drug-likeness (QED) is 0.714. The molecular formula is C12H15IN2O3. The monoisotopic (exact) mass is 362 g/mol. The minimum atomic E-state index is -1.08. The molecule has 1 aromatic carbocycles. The maximum atomic E-state index is 11.8. The average molecular weight is 362 g/mol. The molecule has 0 spiro atoms. The highest BCUT2D eigenvalue weighted by Crippen LogP contribution is 2.19. The fourth-order valence-electron chi connectivity index (χ4n) is 1.32. The van der Waals surface area contributed by atoms with Crippen LogP contribution in [0.5, 0.6) is 0 Å². The lowest BCUT2D eigenvalue weighted by Gasteiger charge is -2.16. The second-order valence-corrected chi connectivity index (χ2v) is 5.50. The molecule has 6 heteroatoms. The van der Waals surface area contributed by atoms with E-state index in [2.05, 4.69) is 5.32 Å². The van der Waals surface area contributed by atoms with Crippen molar-refractivity contribution in [1.29, 1.82) is 0 Å². The van der Waals surface area contributed by atoms with E-state index in [1.54, 1.807) is 12.1 Å². The number of anilines is 1. The molecule has 4 N–H and O–H groups in total. The number of amides is 1. The Labute approximate surface area is 119 Å². The highest BCUT2D eigenvalue weighted by molar-refractivity contribution is 14.1. The van der Waals surface area contributed by atoms with Gasteiger partial charge in [0.25, 0.3) is 0 Å². The number of carboxylic acids is 1. The van der Waals surface area contributed by atoms with Crippen molar-refractivity contribution in [3.8, 4) is 0 Å². The number of rotatable bonds is 4. The van der Waals surface area contributed by atoms with Crippen molar-refractivity contribution in [2.45, 2.75) is 19.9 Å². The summed E-state index contributed by atoms with van der Waals surface area (Å²) in [6.07, 6.45) is 0. The Balaban J connectivity index is 2.98. The molecule has 1 rings (SSSR count). The summed E-state index contributed by atoms with van der Waals surface area (Å²) < 4.78 is 0.788. The Kier molecular flexibility index (Phi) is 5.09. The van der Waals surface area contributed by atoms with Gasteiger partial charge in [-0.05, 0) is 46.7 Å². The van der Waals surface area contributed by atoms with Crippen molar-refractivity contribution in [2.24, 2.45) is 11.7 Å². The molecule has 98 valence electrons. The first-order valence-corrected chi connectivity index (χ1v) is 6.50. The molecule has 0 heterocycles. The summed E-state index contributed by atoms with van der Waals surface area (Å²) >= 11 is 2.01. The lowest BCUT2D eigenvalue weighted by Crippen LogP contribution is -2.40. The average Bonchev–Trinajstić information content (AvgIpc) is 2.29. The molecule has 0 saturated carbocycles. The number of hydrogen-bond acceptors (Lipinski definition) is 3. The van der Waals surface area contributed by atoms with Gasteiger partial charge in [-0.1, -0.05) is 13.8 Å². The Bertz CT molecular complexity index is 474. The zero-order valence-electron chi connectivity index (χ0n) is 10.1. The summed E-state index contributed by atoms with van der Waals surface area (Å²) in [7, 11) is 0. The van der Waals surface area contributed by atoms with Gasteiger partial charge in [0.05, 0.1) is 17.3 Å². The lowest BCUT2D eigenvalue weighted by atomic mass is 10.0. The molecule has 0 bridgehead atoms. The molecule has 18 heavy (non-hydrogen) atoms. The van der Waals surface area contributed by atoms with Gasteiger partial charge in [-0.25, -0.2) is 4.79 Å². The van der Waals surface area contributed by atoms with Gasteiger partial charge in [-0.3, -0.25) is 4.79 Å². The molecule has 0 saturated heterocycles. The zero-order valence-corrected chi connectivity index (χ0v) is 12.3. The van der Waals surface area contributed by atoms with E-state index in [9.17, 15) is 9.59 Å². The second-order valence-electron chi connectivity index (χ2n) is 4.25. The summed E-state index contributed by atoms with van der Waals surface area (Å²) in [5, 5.41) is 11.6. The first-order valence-electron chi connectivity index (χ1n) is 5.42. The second kappa shape index (κ2) is 6.14. The third-order valence-electron chi connectivity index (χ3n) is 2.49. The van der Waals surface area contributed by atoms with E-state index in [1.807, 2.05) is 36.4 Å². The van der Waals surface area contributed by atoms with E-state index in [1.165, 1.54) is 6.07 Å². The number of nitrogens with two attached hydrogens (primary N) is 1. The van der Waals surface area contributed by atoms with Crippen molar-refractivity contribution in [2.75, 3.05) is 5.32 Å². The van der Waals surface area contributed by atoms with E-state index >= 15 is 0 Å². The van der Waals surface area contributed by atoms with Crippen LogP contribution in [0.25, 0.3) is 0 Å². The number of aromatic carboxylic acids is 1.